The SMILES string of the molecule is CCCCCCCc1cc(-c2ccc(-c3cc(CCCCCCC)c(-c4ccc(-c5cc(CCCCCCC)c(-c6cccc7ccccc67)cc5CCCCCCC)c5ccccc45)cc3CCCCCCC)c3ccccc23)c(CCCCCCC)cc1-c1cccc2ccccc12. The van der Waals surface area contributed by atoms with Crippen molar-refractivity contribution in [2.24, 2.45) is 0 Å². The maximum atomic E-state index is 2.73. The van der Waals surface area contributed by atoms with E-state index in [9.17, 15) is 0 Å². The van der Waals surface area contributed by atoms with Crippen LogP contribution in [0.15, 0.2) is 194 Å². The van der Waals surface area contributed by atoms with Gasteiger partial charge in [-0.3, -0.25) is 0 Å². The van der Waals surface area contributed by atoms with E-state index >= 15 is 0 Å². The molecule has 11 aromatic rings. The minimum absolute atomic E-state index is 1.07. The molecule has 522 valence electrons. The van der Waals surface area contributed by atoms with Gasteiger partial charge in [0.25, 0.3) is 0 Å². The van der Waals surface area contributed by atoms with Crippen LogP contribution >= 0.6 is 0 Å². The molecule has 11 aromatic carbocycles. The molecule has 0 fully saturated rings. The Hall–Kier alpha value is -7.54. The first-order valence-corrected chi connectivity index (χ1v) is 40.9. The predicted molar refractivity (Wildman–Crippen MR) is 444 cm³/mol. The van der Waals surface area contributed by atoms with Crippen LogP contribution in [-0.2, 0) is 38.5 Å². The molecule has 0 radical (unpaired) electrons. The summed E-state index contributed by atoms with van der Waals surface area (Å²) in [5.41, 5.74) is 26.0. The molecule has 0 unspecified atom stereocenters. The van der Waals surface area contributed by atoms with Crippen LogP contribution in [0.3, 0.4) is 0 Å². The largest absolute Gasteiger partial charge is 0.0654 e. The van der Waals surface area contributed by atoms with Crippen molar-refractivity contribution in [3.05, 3.63) is 228 Å². The topological polar surface area (TPSA) is 0 Å². The molecule has 0 aromatic heterocycles. The Bertz CT molecular complexity index is 4060. The standard InChI is InChI=1S/C100H122/c1-7-13-19-25-31-49-77-71-97(79(51-33-27-21-15-9-3)69-95(77)85-63-45-55-75-47-37-39-57-83(75)85)91-65-67-93(89-61-43-41-59-87(89)91)99-73-82(54-36-30-24-18-12-6)100(74-81(99)53-35-29-23-17-11-5)94-68-66-92(88-60-42-44-62-90(88)94)98-72-78(50-32-26-20-14-8-2)96(70-80(98)52-34-28-22-16-10-4)86-64-46-56-76-48-38-40-58-84(76)86/h37-48,55-74H,7-36,49-54H2,1-6H3. The van der Waals surface area contributed by atoms with Gasteiger partial charge in [-0.15, -0.1) is 0 Å². The van der Waals surface area contributed by atoms with Crippen LogP contribution in [0, 0.1) is 0 Å². The molecule has 0 spiro atoms. The zero-order valence-electron chi connectivity index (χ0n) is 62.9. The fraction of sp³-hybridized carbons (Fsp3) is 0.420. The Morgan fingerprint density at radius 3 is 0.550 bits per heavy atom. The highest BCUT2D eigenvalue weighted by atomic mass is 14.3. The van der Waals surface area contributed by atoms with Crippen molar-refractivity contribution in [3.8, 4) is 66.8 Å². The molecule has 100 heavy (non-hydrogen) atoms. The molecule has 0 bridgehead atoms. The fourth-order valence-electron chi connectivity index (χ4n) is 16.8. The maximum absolute atomic E-state index is 2.73. The molecule has 0 heterocycles. The third kappa shape index (κ3) is 18.8. The van der Waals surface area contributed by atoms with Crippen molar-refractivity contribution in [2.75, 3.05) is 0 Å². The lowest BCUT2D eigenvalue weighted by Crippen LogP contribution is -2.01. The summed E-state index contributed by atoms with van der Waals surface area (Å²) < 4.78 is 0. The molecule has 0 amide bonds. The average molecular weight is 1320 g/mol. The molecule has 0 saturated heterocycles. The minimum atomic E-state index is 1.07. The van der Waals surface area contributed by atoms with E-state index in [1.165, 1.54) is 336 Å². The van der Waals surface area contributed by atoms with Gasteiger partial charge in [-0.05, 0) is 220 Å². The monoisotopic (exact) mass is 1320 g/mol. The first-order chi connectivity index (χ1) is 49.5. The van der Waals surface area contributed by atoms with Crippen LogP contribution in [0.2, 0.25) is 0 Å². The van der Waals surface area contributed by atoms with E-state index in [1.807, 2.05) is 0 Å². The zero-order valence-corrected chi connectivity index (χ0v) is 62.9. The number of fused-ring (bicyclic) bond motifs is 4. The first kappa shape index (κ1) is 73.7. The van der Waals surface area contributed by atoms with Crippen molar-refractivity contribution in [2.45, 2.75) is 273 Å². The van der Waals surface area contributed by atoms with Gasteiger partial charge in [-0.25, -0.2) is 0 Å². The van der Waals surface area contributed by atoms with Crippen LogP contribution in [0.1, 0.15) is 268 Å². The van der Waals surface area contributed by atoms with Crippen molar-refractivity contribution >= 4 is 43.1 Å². The summed E-state index contributed by atoms with van der Waals surface area (Å²) in [7, 11) is 0. The van der Waals surface area contributed by atoms with Gasteiger partial charge in [0.2, 0.25) is 0 Å². The summed E-state index contributed by atoms with van der Waals surface area (Å²) in [6.07, 6.45) is 44.6. The summed E-state index contributed by atoms with van der Waals surface area (Å²) in [4.78, 5) is 0. The number of benzene rings is 11. The Morgan fingerprint density at radius 2 is 0.330 bits per heavy atom. The average Bonchev–Trinajstić information content (AvgIpc) is 0.749. The molecule has 0 atom stereocenters. The maximum Gasteiger partial charge on any atom is -0.00991 e. The lowest BCUT2D eigenvalue weighted by Gasteiger charge is -2.23. The lowest BCUT2D eigenvalue weighted by molar-refractivity contribution is 0.630. The number of rotatable bonds is 42. The van der Waals surface area contributed by atoms with Gasteiger partial charge in [0.05, 0.1) is 0 Å². The highest BCUT2D eigenvalue weighted by Gasteiger charge is 2.24. The zero-order chi connectivity index (χ0) is 69.1. The molecule has 0 saturated carbocycles. The van der Waals surface area contributed by atoms with E-state index in [4.69, 9.17) is 0 Å². The quantitative estimate of drug-likeness (QED) is 0.0335. The summed E-state index contributed by atoms with van der Waals surface area (Å²) >= 11 is 0. The number of hydrogen-bond acceptors (Lipinski definition) is 0. The van der Waals surface area contributed by atoms with Gasteiger partial charge in [-0.1, -0.05) is 390 Å². The van der Waals surface area contributed by atoms with Gasteiger partial charge >= 0.3 is 0 Å². The van der Waals surface area contributed by atoms with Gasteiger partial charge in [-0.2, -0.15) is 0 Å². The minimum Gasteiger partial charge on any atom is -0.0654 e. The van der Waals surface area contributed by atoms with Crippen LogP contribution in [0.4, 0.5) is 0 Å². The molecule has 0 nitrogen and oxygen atoms in total. The highest BCUT2D eigenvalue weighted by Crippen LogP contribution is 2.47. The van der Waals surface area contributed by atoms with E-state index in [0.717, 1.165) is 38.5 Å². The third-order valence-electron chi connectivity index (χ3n) is 22.5. The van der Waals surface area contributed by atoms with Crippen molar-refractivity contribution in [1.29, 1.82) is 0 Å². The van der Waals surface area contributed by atoms with Crippen LogP contribution in [0.25, 0.3) is 110 Å². The number of unbranched alkanes of at least 4 members (excludes halogenated alkanes) is 24. The van der Waals surface area contributed by atoms with E-state index in [2.05, 4.69) is 236 Å². The number of hydrogen-bond donors (Lipinski definition) is 0. The molecule has 11 rings (SSSR count). The number of aryl methyl sites for hydroxylation is 6. The first-order valence-electron chi connectivity index (χ1n) is 40.9. The summed E-state index contributed by atoms with van der Waals surface area (Å²) in [6.45, 7) is 14.1. The molecular weight excluding hydrogens is 1200 g/mol. The predicted octanol–water partition coefficient (Wildman–Crippen LogP) is 31.4. The molecular formula is C100H122. The molecule has 0 aliphatic rings. The van der Waals surface area contributed by atoms with E-state index in [0.29, 0.717) is 0 Å². The van der Waals surface area contributed by atoms with Crippen molar-refractivity contribution < 1.29 is 0 Å². The normalized spacial score (nSPS) is 11.7. The van der Waals surface area contributed by atoms with Gasteiger partial charge in [0.1, 0.15) is 0 Å². The second kappa shape index (κ2) is 39.0. The van der Waals surface area contributed by atoms with Crippen molar-refractivity contribution in [3.63, 3.8) is 0 Å². The molecule has 0 N–H and O–H groups in total. The van der Waals surface area contributed by atoms with Gasteiger partial charge < -0.3 is 0 Å². The Kier molecular flexibility index (Phi) is 28.8. The Balaban J connectivity index is 1.08. The summed E-state index contributed by atoms with van der Waals surface area (Å²) in [5.74, 6) is 0. The van der Waals surface area contributed by atoms with Crippen molar-refractivity contribution in [1.82, 2.24) is 0 Å². The Labute approximate surface area is 606 Å². The summed E-state index contributed by atoms with van der Waals surface area (Å²) in [5, 5.41) is 10.9. The second-order valence-electron chi connectivity index (χ2n) is 30.0. The molecule has 0 heteroatoms. The molecule has 0 aliphatic heterocycles. The van der Waals surface area contributed by atoms with Gasteiger partial charge in [0.15, 0.2) is 0 Å². The van der Waals surface area contributed by atoms with E-state index < -0.39 is 0 Å². The van der Waals surface area contributed by atoms with Gasteiger partial charge in [0, 0.05) is 0 Å². The fourth-order valence-corrected chi connectivity index (χ4v) is 16.8. The second-order valence-corrected chi connectivity index (χ2v) is 30.0. The Morgan fingerprint density at radius 1 is 0.150 bits per heavy atom. The van der Waals surface area contributed by atoms with Crippen LogP contribution < -0.4 is 0 Å². The smallest absolute Gasteiger partial charge is 0.00991 e. The van der Waals surface area contributed by atoms with E-state index in [-0.39, 0.29) is 0 Å². The highest BCUT2D eigenvalue weighted by molar-refractivity contribution is 6.09. The van der Waals surface area contributed by atoms with E-state index in [1.54, 1.807) is 0 Å². The van der Waals surface area contributed by atoms with Crippen LogP contribution in [0.5, 0.6) is 0 Å². The summed E-state index contributed by atoms with van der Waals surface area (Å²) in [6, 6.07) is 77.8. The van der Waals surface area contributed by atoms with Crippen LogP contribution in [-0.4, -0.2) is 0 Å². The molecule has 0 aliphatic carbocycles. The third-order valence-corrected chi connectivity index (χ3v) is 22.5. The lowest BCUT2D eigenvalue weighted by atomic mass is 9.81.